The summed E-state index contributed by atoms with van der Waals surface area (Å²) in [5.74, 6) is -0.691. The third-order valence-corrected chi connectivity index (χ3v) is 1.68. The molecule has 0 unspecified atom stereocenters. The highest BCUT2D eigenvalue weighted by molar-refractivity contribution is 6.17. The zero-order chi connectivity index (χ0) is 8.27. The van der Waals surface area contributed by atoms with Crippen LogP contribution >= 0.6 is 11.6 Å². The van der Waals surface area contributed by atoms with E-state index >= 15 is 0 Å². The van der Waals surface area contributed by atoms with Gasteiger partial charge in [-0.25, -0.2) is 4.79 Å². The Labute approximate surface area is 70.9 Å². The largest absolute Gasteiger partial charge is 0.478 e. The van der Waals surface area contributed by atoms with Crippen molar-refractivity contribution < 1.29 is 11.3 Å². The van der Waals surface area contributed by atoms with Crippen molar-refractivity contribution in [3.8, 4) is 0 Å². The number of benzene rings is 1. The van der Waals surface area contributed by atoms with Gasteiger partial charge < -0.3 is 5.11 Å². The second kappa shape index (κ2) is 3.39. The minimum atomic E-state index is -0.929. The minimum absolute atomic E-state index is 0. The molecule has 1 aromatic carbocycles. The average Bonchev–Trinajstić information content (AvgIpc) is 2.04. The van der Waals surface area contributed by atoms with Crippen LogP contribution in [-0.2, 0) is 5.88 Å². The number of halogens is 1. The van der Waals surface area contributed by atoms with Crippen molar-refractivity contribution in [1.82, 2.24) is 0 Å². The topological polar surface area (TPSA) is 37.3 Å². The smallest absolute Gasteiger partial charge is 0.336 e. The summed E-state index contributed by atoms with van der Waals surface area (Å²) in [5, 5.41) is 8.64. The lowest BCUT2D eigenvalue weighted by molar-refractivity contribution is 0.0696. The number of rotatable bonds is 2. The fraction of sp³-hybridized carbons (Fsp3) is 0.125. The molecule has 0 bridgehead atoms. The van der Waals surface area contributed by atoms with Crippen molar-refractivity contribution in [3.63, 3.8) is 0 Å². The standard InChI is InChI=1S/C8H7ClO2.H2/c9-5-6-3-1-2-4-7(6)8(10)11;/h1-4H,5H2,(H,10,11);1H. The molecular formula is C8H9ClO2. The predicted molar refractivity (Wildman–Crippen MR) is 45.1 cm³/mol. The van der Waals surface area contributed by atoms with Crippen molar-refractivity contribution >= 4 is 17.6 Å². The molecule has 0 radical (unpaired) electrons. The van der Waals surface area contributed by atoms with E-state index in [1.54, 1.807) is 24.3 Å². The van der Waals surface area contributed by atoms with Crippen LogP contribution in [0.25, 0.3) is 0 Å². The van der Waals surface area contributed by atoms with Crippen LogP contribution in [0.3, 0.4) is 0 Å². The normalized spacial score (nSPS) is 9.55. The minimum Gasteiger partial charge on any atom is -0.478 e. The number of alkyl halides is 1. The third kappa shape index (κ3) is 1.71. The molecule has 2 nitrogen and oxygen atoms in total. The van der Waals surface area contributed by atoms with Gasteiger partial charge in [-0.2, -0.15) is 0 Å². The molecule has 0 heterocycles. The summed E-state index contributed by atoms with van der Waals surface area (Å²) in [6.45, 7) is 0. The lowest BCUT2D eigenvalue weighted by Crippen LogP contribution is -1.99. The molecule has 0 aromatic heterocycles. The molecule has 0 amide bonds. The number of hydrogen-bond acceptors (Lipinski definition) is 1. The van der Waals surface area contributed by atoms with E-state index in [4.69, 9.17) is 16.7 Å². The van der Waals surface area contributed by atoms with Gasteiger partial charge in [0.05, 0.1) is 5.56 Å². The maximum absolute atomic E-state index is 10.5. The number of hydrogen-bond donors (Lipinski definition) is 1. The first kappa shape index (κ1) is 8.08. The Morgan fingerprint density at radius 2 is 2.18 bits per heavy atom. The Kier molecular flexibility index (Phi) is 2.49. The van der Waals surface area contributed by atoms with E-state index in [0.29, 0.717) is 5.56 Å². The molecular weight excluding hydrogens is 164 g/mol. The van der Waals surface area contributed by atoms with Gasteiger partial charge in [0.2, 0.25) is 0 Å². The SMILES string of the molecule is O=C(O)c1ccccc1CCl.[HH]. The van der Waals surface area contributed by atoms with Crippen molar-refractivity contribution in [1.29, 1.82) is 0 Å². The van der Waals surface area contributed by atoms with Crippen molar-refractivity contribution in [2.45, 2.75) is 5.88 Å². The van der Waals surface area contributed by atoms with E-state index in [1.807, 2.05) is 0 Å². The zero-order valence-electron chi connectivity index (χ0n) is 5.75. The predicted octanol–water partition coefficient (Wildman–Crippen LogP) is 2.37. The molecule has 0 saturated heterocycles. The van der Waals surface area contributed by atoms with Crippen LogP contribution in [0.2, 0.25) is 0 Å². The van der Waals surface area contributed by atoms with Gasteiger partial charge in [0.1, 0.15) is 0 Å². The summed E-state index contributed by atoms with van der Waals surface area (Å²) in [6.07, 6.45) is 0. The van der Waals surface area contributed by atoms with Gasteiger partial charge in [-0.3, -0.25) is 0 Å². The first-order valence-corrected chi connectivity index (χ1v) is 3.66. The van der Waals surface area contributed by atoms with Crippen molar-refractivity contribution in [3.05, 3.63) is 35.4 Å². The highest BCUT2D eigenvalue weighted by Crippen LogP contribution is 2.10. The second-order valence-electron chi connectivity index (χ2n) is 2.10. The van der Waals surface area contributed by atoms with E-state index in [1.165, 1.54) is 0 Å². The molecule has 0 atom stereocenters. The zero-order valence-corrected chi connectivity index (χ0v) is 6.51. The van der Waals surface area contributed by atoms with Gasteiger partial charge in [-0.1, -0.05) is 18.2 Å². The van der Waals surface area contributed by atoms with Crippen molar-refractivity contribution in [2.75, 3.05) is 0 Å². The molecule has 0 spiro atoms. The highest BCUT2D eigenvalue weighted by Gasteiger charge is 2.06. The number of carboxylic acids is 1. The number of aromatic carboxylic acids is 1. The molecule has 0 aliphatic heterocycles. The fourth-order valence-corrected chi connectivity index (χ4v) is 1.08. The van der Waals surface area contributed by atoms with Crippen LogP contribution in [0.15, 0.2) is 24.3 Å². The monoisotopic (exact) mass is 172 g/mol. The molecule has 0 aliphatic carbocycles. The Balaban J connectivity index is 0.00000121. The van der Waals surface area contributed by atoms with Gasteiger partial charge in [-0.15, -0.1) is 11.6 Å². The number of carboxylic acid groups (broad SMARTS) is 1. The maximum Gasteiger partial charge on any atom is 0.336 e. The van der Waals surface area contributed by atoms with E-state index in [-0.39, 0.29) is 12.9 Å². The molecule has 0 saturated carbocycles. The van der Waals surface area contributed by atoms with Crippen LogP contribution in [0, 0.1) is 0 Å². The van der Waals surface area contributed by atoms with Gasteiger partial charge >= 0.3 is 5.97 Å². The Morgan fingerprint density at radius 3 is 2.64 bits per heavy atom. The molecule has 60 valence electrons. The fourth-order valence-electron chi connectivity index (χ4n) is 0.845. The summed E-state index contributed by atoms with van der Waals surface area (Å²) in [4.78, 5) is 10.5. The first-order valence-electron chi connectivity index (χ1n) is 3.13. The average molecular weight is 173 g/mol. The van der Waals surface area contributed by atoms with Gasteiger partial charge in [-0.05, 0) is 11.6 Å². The Morgan fingerprint density at radius 1 is 1.55 bits per heavy atom. The van der Waals surface area contributed by atoms with E-state index in [2.05, 4.69) is 0 Å². The first-order chi connectivity index (χ1) is 5.25. The maximum atomic E-state index is 10.5. The van der Waals surface area contributed by atoms with Crippen LogP contribution in [0.1, 0.15) is 17.3 Å². The summed E-state index contributed by atoms with van der Waals surface area (Å²) >= 11 is 5.51. The van der Waals surface area contributed by atoms with Gasteiger partial charge in [0.25, 0.3) is 0 Å². The van der Waals surface area contributed by atoms with Crippen LogP contribution < -0.4 is 0 Å². The van der Waals surface area contributed by atoms with Gasteiger partial charge in [0.15, 0.2) is 0 Å². The summed E-state index contributed by atoms with van der Waals surface area (Å²) < 4.78 is 0. The highest BCUT2D eigenvalue weighted by atomic mass is 35.5. The van der Waals surface area contributed by atoms with E-state index in [0.717, 1.165) is 0 Å². The van der Waals surface area contributed by atoms with Gasteiger partial charge in [0, 0.05) is 7.31 Å². The lowest BCUT2D eigenvalue weighted by atomic mass is 10.1. The third-order valence-electron chi connectivity index (χ3n) is 1.39. The molecule has 3 heteroatoms. The lowest BCUT2D eigenvalue weighted by Gasteiger charge is -1.99. The molecule has 11 heavy (non-hydrogen) atoms. The molecule has 1 rings (SSSR count). The Bertz CT molecular complexity index is 276. The van der Waals surface area contributed by atoms with E-state index < -0.39 is 5.97 Å². The molecule has 0 fully saturated rings. The number of carbonyl (C=O) groups is 1. The van der Waals surface area contributed by atoms with E-state index in [9.17, 15) is 4.79 Å². The van der Waals surface area contributed by atoms with Crippen LogP contribution in [0.4, 0.5) is 0 Å². The summed E-state index contributed by atoms with van der Waals surface area (Å²) in [6, 6.07) is 6.69. The van der Waals surface area contributed by atoms with Crippen LogP contribution in [0.5, 0.6) is 0 Å². The quantitative estimate of drug-likeness (QED) is 0.696. The van der Waals surface area contributed by atoms with Crippen LogP contribution in [-0.4, -0.2) is 11.1 Å². The molecule has 1 N–H and O–H groups in total. The Hall–Kier alpha value is -1.02. The van der Waals surface area contributed by atoms with Crippen molar-refractivity contribution in [2.24, 2.45) is 0 Å². The summed E-state index contributed by atoms with van der Waals surface area (Å²) in [5.41, 5.74) is 0.934. The second-order valence-corrected chi connectivity index (χ2v) is 2.36. The summed E-state index contributed by atoms with van der Waals surface area (Å²) in [7, 11) is 0. The molecule has 0 aliphatic rings. The molecule has 1 aromatic rings.